The lowest BCUT2D eigenvalue weighted by atomic mass is 10.0. The first-order chi connectivity index (χ1) is 12.0. The van der Waals surface area contributed by atoms with Crippen molar-refractivity contribution in [2.75, 3.05) is 13.6 Å². The zero-order valence-corrected chi connectivity index (χ0v) is 16.0. The van der Waals surface area contributed by atoms with Crippen molar-refractivity contribution < 1.29 is 13.7 Å². The summed E-state index contributed by atoms with van der Waals surface area (Å²) in [5.74, 6) is 0.495. The summed E-state index contributed by atoms with van der Waals surface area (Å²) in [6.07, 6.45) is 1.56. The average Bonchev–Trinajstić information content (AvgIpc) is 3.27. The van der Waals surface area contributed by atoms with Gasteiger partial charge in [-0.1, -0.05) is 19.0 Å². The summed E-state index contributed by atoms with van der Waals surface area (Å²) in [4.78, 5) is 17.3. The van der Waals surface area contributed by atoms with Crippen LogP contribution in [-0.4, -0.2) is 35.7 Å². The van der Waals surface area contributed by atoms with Crippen LogP contribution in [0.4, 0.5) is 0 Å². The molecule has 140 valence electrons. The van der Waals surface area contributed by atoms with E-state index < -0.39 is 0 Å². The number of aromatic nitrogens is 2. The first-order valence-electron chi connectivity index (χ1n) is 8.31. The Morgan fingerprint density at radius 3 is 2.69 bits per heavy atom. The molecule has 0 aliphatic heterocycles. The van der Waals surface area contributed by atoms with Crippen molar-refractivity contribution >= 4 is 29.4 Å². The summed E-state index contributed by atoms with van der Waals surface area (Å²) in [6, 6.07) is 5.45. The molecule has 0 aromatic carbocycles. The third-order valence-corrected chi connectivity index (χ3v) is 4.10. The number of carbonyl (C=O) groups excluding carboxylic acids is 1. The van der Waals surface area contributed by atoms with Crippen molar-refractivity contribution in [2.24, 2.45) is 0 Å². The minimum absolute atomic E-state index is 0. The first kappa shape index (κ1) is 19.9. The van der Waals surface area contributed by atoms with Gasteiger partial charge in [0.25, 0.3) is 11.6 Å². The van der Waals surface area contributed by atoms with Crippen LogP contribution in [-0.2, 0) is 0 Å². The Balaban J connectivity index is 0.00000243. The molecule has 8 heteroatoms. The lowest BCUT2D eigenvalue weighted by molar-refractivity contribution is 0.0952. The first-order valence-corrected chi connectivity index (χ1v) is 8.31. The van der Waals surface area contributed by atoms with E-state index in [1.165, 1.54) is 0 Å². The zero-order chi connectivity index (χ0) is 18.0. The normalized spacial score (nSPS) is 12.2. The summed E-state index contributed by atoms with van der Waals surface area (Å²) in [5.41, 5.74) is 2.09. The van der Waals surface area contributed by atoms with E-state index in [0.717, 1.165) is 5.69 Å². The van der Waals surface area contributed by atoms with Crippen LogP contribution in [0.5, 0.6) is 0 Å². The molecule has 0 saturated heterocycles. The van der Waals surface area contributed by atoms with Gasteiger partial charge in [0.15, 0.2) is 5.76 Å². The van der Waals surface area contributed by atoms with Gasteiger partial charge in [0.2, 0.25) is 0 Å². The maximum Gasteiger partial charge on any atom is 0.259 e. The molecule has 3 rings (SSSR count). The minimum atomic E-state index is -0.188. The molecule has 0 spiro atoms. The Bertz CT molecular complexity index is 874. The van der Waals surface area contributed by atoms with E-state index in [2.05, 4.69) is 20.8 Å². The Labute approximate surface area is 157 Å². The number of likely N-dealkylation sites (N-methyl/N-ethyl adjacent to an activating group) is 1. The van der Waals surface area contributed by atoms with Crippen LogP contribution in [0, 0.1) is 0 Å². The number of pyridine rings is 1. The number of furan rings is 1. The molecule has 1 atom stereocenters. The van der Waals surface area contributed by atoms with Crippen molar-refractivity contribution in [2.45, 2.75) is 32.7 Å². The number of hydrogen-bond acceptors (Lipinski definition) is 6. The van der Waals surface area contributed by atoms with Gasteiger partial charge in [0.1, 0.15) is 5.69 Å². The van der Waals surface area contributed by atoms with Crippen LogP contribution in [0.3, 0.4) is 0 Å². The van der Waals surface area contributed by atoms with Gasteiger partial charge in [-0.2, -0.15) is 0 Å². The molecule has 3 aromatic rings. The molecule has 26 heavy (non-hydrogen) atoms. The van der Waals surface area contributed by atoms with Gasteiger partial charge in [-0.25, -0.2) is 4.98 Å². The molecule has 1 amide bonds. The van der Waals surface area contributed by atoms with E-state index in [4.69, 9.17) is 8.94 Å². The molecule has 2 N–H and O–H groups in total. The summed E-state index contributed by atoms with van der Waals surface area (Å²) in [5, 5.41) is 10.8. The molecule has 1 unspecified atom stereocenters. The van der Waals surface area contributed by atoms with E-state index >= 15 is 0 Å². The minimum Gasteiger partial charge on any atom is -0.463 e. The Hall–Kier alpha value is -2.38. The van der Waals surface area contributed by atoms with Crippen LogP contribution in [0.15, 0.2) is 33.4 Å². The second-order valence-electron chi connectivity index (χ2n) is 6.33. The third kappa shape index (κ3) is 3.89. The second kappa shape index (κ2) is 8.33. The number of nitrogens with one attached hydrogen (secondary N) is 2. The van der Waals surface area contributed by atoms with Gasteiger partial charge in [-0.3, -0.25) is 4.79 Å². The average molecular weight is 379 g/mol. The van der Waals surface area contributed by atoms with Gasteiger partial charge in [-0.05, 0) is 38.1 Å². The van der Waals surface area contributed by atoms with Gasteiger partial charge >= 0.3 is 0 Å². The third-order valence-electron chi connectivity index (χ3n) is 4.10. The molecule has 0 aliphatic rings. The molecule has 0 radical (unpaired) electrons. The highest BCUT2D eigenvalue weighted by Gasteiger charge is 2.23. The van der Waals surface area contributed by atoms with Gasteiger partial charge in [0.05, 0.1) is 22.9 Å². The van der Waals surface area contributed by atoms with E-state index in [0.29, 0.717) is 34.7 Å². The van der Waals surface area contributed by atoms with Crippen LogP contribution in [0.2, 0.25) is 0 Å². The summed E-state index contributed by atoms with van der Waals surface area (Å²) in [7, 11) is 1.85. The predicted molar refractivity (Wildman–Crippen MR) is 102 cm³/mol. The number of halogens is 1. The molecule has 0 saturated carbocycles. The van der Waals surface area contributed by atoms with Crippen LogP contribution in [0.25, 0.3) is 22.6 Å². The maximum atomic E-state index is 12.8. The highest BCUT2D eigenvalue weighted by atomic mass is 35.5. The van der Waals surface area contributed by atoms with E-state index in [1.807, 2.05) is 27.8 Å². The molecule has 0 fully saturated rings. The largest absolute Gasteiger partial charge is 0.463 e. The molecule has 0 aliphatic carbocycles. The Morgan fingerprint density at radius 1 is 1.31 bits per heavy atom. The standard InChI is InChI=1S/C18H22N4O3.ClH/c1-10(2)16-15-12(17(23)20-9-11(3)19-4)8-13(14-6-5-7-24-14)21-18(15)25-22-16;/h5-8,10-11,19H,9H2,1-4H3,(H,20,23);1H. The summed E-state index contributed by atoms with van der Waals surface area (Å²) < 4.78 is 10.8. The van der Waals surface area contributed by atoms with Crippen molar-refractivity contribution in [3.8, 4) is 11.5 Å². The highest BCUT2D eigenvalue weighted by molar-refractivity contribution is 6.07. The van der Waals surface area contributed by atoms with Crippen LogP contribution in [0.1, 0.15) is 42.7 Å². The summed E-state index contributed by atoms with van der Waals surface area (Å²) >= 11 is 0. The zero-order valence-electron chi connectivity index (χ0n) is 15.2. The van der Waals surface area contributed by atoms with Crippen molar-refractivity contribution in [1.82, 2.24) is 20.8 Å². The Morgan fingerprint density at radius 2 is 2.08 bits per heavy atom. The quantitative estimate of drug-likeness (QED) is 0.683. The number of hydrogen-bond donors (Lipinski definition) is 2. The molecular formula is C18H23ClN4O3. The van der Waals surface area contributed by atoms with Crippen molar-refractivity contribution in [1.29, 1.82) is 0 Å². The van der Waals surface area contributed by atoms with Crippen LogP contribution >= 0.6 is 12.4 Å². The highest BCUT2D eigenvalue weighted by Crippen LogP contribution is 2.30. The topological polar surface area (TPSA) is 93.2 Å². The lowest BCUT2D eigenvalue weighted by Crippen LogP contribution is -2.37. The fourth-order valence-corrected chi connectivity index (χ4v) is 2.54. The lowest BCUT2D eigenvalue weighted by Gasteiger charge is -2.12. The van der Waals surface area contributed by atoms with Crippen LogP contribution < -0.4 is 10.6 Å². The number of rotatable bonds is 6. The van der Waals surface area contributed by atoms with Gasteiger partial charge in [-0.15, -0.1) is 12.4 Å². The number of carbonyl (C=O) groups is 1. The molecular weight excluding hydrogens is 356 g/mol. The number of fused-ring (bicyclic) bond motifs is 1. The SMILES string of the molecule is CNC(C)CNC(=O)c1cc(-c2ccco2)nc2onc(C(C)C)c12.Cl. The molecule has 7 nitrogen and oxygen atoms in total. The monoisotopic (exact) mass is 378 g/mol. The second-order valence-corrected chi connectivity index (χ2v) is 6.33. The smallest absolute Gasteiger partial charge is 0.259 e. The van der Waals surface area contributed by atoms with Gasteiger partial charge < -0.3 is 19.6 Å². The predicted octanol–water partition coefficient (Wildman–Crippen LogP) is 3.37. The van der Waals surface area contributed by atoms with E-state index in [1.54, 1.807) is 24.5 Å². The van der Waals surface area contributed by atoms with Gasteiger partial charge in [0, 0.05) is 12.6 Å². The summed E-state index contributed by atoms with van der Waals surface area (Å²) in [6.45, 7) is 6.51. The molecule has 3 aromatic heterocycles. The fourth-order valence-electron chi connectivity index (χ4n) is 2.54. The number of nitrogens with zero attached hydrogens (tertiary/aromatic N) is 2. The molecule has 0 bridgehead atoms. The maximum absolute atomic E-state index is 12.8. The Kier molecular flexibility index (Phi) is 6.39. The van der Waals surface area contributed by atoms with E-state index in [9.17, 15) is 4.79 Å². The van der Waals surface area contributed by atoms with E-state index in [-0.39, 0.29) is 30.3 Å². The molecule has 3 heterocycles. The van der Waals surface area contributed by atoms with Crippen molar-refractivity contribution in [3.05, 3.63) is 35.7 Å². The number of amides is 1. The fraction of sp³-hybridized carbons (Fsp3) is 0.389. The van der Waals surface area contributed by atoms with Crippen molar-refractivity contribution in [3.63, 3.8) is 0 Å².